The van der Waals surface area contributed by atoms with E-state index in [9.17, 15) is 18.0 Å². The number of methoxy groups -OCH3 is 2. The lowest BCUT2D eigenvalue weighted by molar-refractivity contribution is -0.139. The Morgan fingerprint density at radius 3 is 2.21 bits per heavy atom. The molecule has 1 unspecified atom stereocenters. The third-order valence-corrected chi connectivity index (χ3v) is 9.68. The molecule has 1 aliphatic carbocycles. The predicted molar refractivity (Wildman–Crippen MR) is 167 cm³/mol. The number of nitrogens with zero attached hydrogens (tertiary/aromatic N) is 2. The Hall–Kier alpha value is -4.05. The topological polar surface area (TPSA) is 105 Å². The van der Waals surface area contributed by atoms with Gasteiger partial charge in [-0.05, 0) is 62.9 Å². The molecule has 0 aromatic heterocycles. The second-order valence-electron chi connectivity index (χ2n) is 10.9. The van der Waals surface area contributed by atoms with Crippen molar-refractivity contribution in [2.75, 3.05) is 31.6 Å². The van der Waals surface area contributed by atoms with Gasteiger partial charge in [-0.25, -0.2) is 8.42 Å². The Labute approximate surface area is 254 Å². The van der Waals surface area contributed by atoms with Crippen LogP contribution >= 0.6 is 0 Å². The van der Waals surface area contributed by atoms with Gasteiger partial charge in [-0.1, -0.05) is 60.9 Å². The fraction of sp³-hybridized carbons (Fsp3) is 0.394. The van der Waals surface area contributed by atoms with Gasteiger partial charge in [-0.2, -0.15) is 0 Å². The maximum atomic E-state index is 14.1. The molecule has 0 bridgehead atoms. The SMILES string of the molecule is COc1ccc(N(CC(=O)N(CCc2ccccc2)C(C)C(=O)NC2CCCC2)S(=O)(=O)c2ccc(C)cc2)cc1OC. The summed E-state index contributed by atoms with van der Waals surface area (Å²) < 4.78 is 40.0. The maximum absolute atomic E-state index is 14.1. The normalized spacial score (nSPS) is 14.1. The highest BCUT2D eigenvalue weighted by atomic mass is 32.2. The van der Waals surface area contributed by atoms with Crippen LogP contribution in [0.1, 0.15) is 43.7 Å². The van der Waals surface area contributed by atoms with Crippen LogP contribution in [0.15, 0.2) is 77.7 Å². The van der Waals surface area contributed by atoms with Crippen molar-refractivity contribution in [3.05, 3.63) is 83.9 Å². The van der Waals surface area contributed by atoms with Crippen molar-refractivity contribution in [2.45, 2.75) is 62.9 Å². The standard InChI is InChI=1S/C33H41N3O6S/c1-24-14-17-29(18-15-24)43(39,40)36(28-16-19-30(41-3)31(22-28)42-4)23-32(37)35(21-20-26-10-6-5-7-11-26)25(2)33(38)34-27-12-8-9-13-27/h5-7,10-11,14-19,22,25,27H,8-9,12-13,20-21,23H2,1-4H3,(H,34,38). The lowest BCUT2D eigenvalue weighted by atomic mass is 10.1. The number of amides is 2. The van der Waals surface area contributed by atoms with E-state index >= 15 is 0 Å². The second-order valence-corrected chi connectivity index (χ2v) is 12.7. The molecule has 1 saturated carbocycles. The number of rotatable bonds is 13. The van der Waals surface area contributed by atoms with Crippen LogP contribution in [0.2, 0.25) is 0 Å². The Balaban J connectivity index is 1.69. The van der Waals surface area contributed by atoms with E-state index in [0.29, 0.717) is 17.9 Å². The third kappa shape index (κ3) is 7.87. The van der Waals surface area contributed by atoms with Crippen LogP contribution in [0, 0.1) is 6.92 Å². The summed E-state index contributed by atoms with van der Waals surface area (Å²) in [5, 5.41) is 3.09. The number of hydrogen-bond acceptors (Lipinski definition) is 6. The Kier molecular flexibility index (Phi) is 10.7. The van der Waals surface area contributed by atoms with Crippen molar-refractivity contribution >= 4 is 27.5 Å². The lowest BCUT2D eigenvalue weighted by Gasteiger charge is -2.32. The van der Waals surface area contributed by atoms with Gasteiger partial charge >= 0.3 is 0 Å². The monoisotopic (exact) mass is 607 g/mol. The van der Waals surface area contributed by atoms with Crippen molar-refractivity contribution in [3.63, 3.8) is 0 Å². The zero-order valence-corrected chi connectivity index (χ0v) is 26.1. The average molecular weight is 608 g/mol. The van der Waals surface area contributed by atoms with Crippen LogP contribution in [0.4, 0.5) is 5.69 Å². The molecule has 3 aromatic carbocycles. The number of nitrogens with one attached hydrogen (secondary N) is 1. The minimum Gasteiger partial charge on any atom is -0.493 e. The highest BCUT2D eigenvalue weighted by Crippen LogP contribution is 2.34. The van der Waals surface area contributed by atoms with Crippen LogP contribution < -0.4 is 19.1 Å². The Morgan fingerprint density at radius 1 is 0.930 bits per heavy atom. The number of sulfonamides is 1. The molecular formula is C33H41N3O6S. The molecule has 9 nitrogen and oxygen atoms in total. The minimum atomic E-state index is -4.19. The summed E-state index contributed by atoms with van der Waals surface area (Å²) in [4.78, 5) is 29.0. The molecule has 2 amide bonds. The van der Waals surface area contributed by atoms with E-state index in [4.69, 9.17) is 9.47 Å². The first-order chi connectivity index (χ1) is 20.6. The van der Waals surface area contributed by atoms with Crippen molar-refractivity contribution in [2.24, 2.45) is 0 Å². The Bertz CT molecular complexity index is 1490. The Morgan fingerprint density at radius 2 is 1.58 bits per heavy atom. The second kappa shape index (κ2) is 14.4. The molecule has 43 heavy (non-hydrogen) atoms. The van der Waals surface area contributed by atoms with Crippen molar-refractivity contribution in [1.29, 1.82) is 0 Å². The van der Waals surface area contributed by atoms with Gasteiger partial charge in [-0.3, -0.25) is 13.9 Å². The summed E-state index contributed by atoms with van der Waals surface area (Å²) in [5.41, 5.74) is 2.15. The zero-order chi connectivity index (χ0) is 31.0. The average Bonchev–Trinajstić information content (AvgIpc) is 3.53. The van der Waals surface area contributed by atoms with Crippen LogP contribution in [0.3, 0.4) is 0 Å². The minimum absolute atomic E-state index is 0.0449. The molecule has 0 heterocycles. The van der Waals surface area contributed by atoms with Crippen molar-refractivity contribution in [3.8, 4) is 11.5 Å². The highest BCUT2D eigenvalue weighted by molar-refractivity contribution is 7.92. The number of anilines is 1. The fourth-order valence-corrected chi connectivity index (χ4v) is 6.71. The quantitative estimate of drug-likeness (QED) is 0.301. The largest absolute Gasteiger partial charge is 0.493 e. The molecule has 0 spiro atoms. The highest BCUT2D eigenvalue weighted by Gasteiger charge is 2.33. The van der Waals surface area contributed by atoms with E-state index < -0.39 is 28.5 Å². The van der Waals surface area contributed by atoms with Gasteiger partial charge in [0.05, 0.1) is 24.8 Å². The number of carbonyl (C=O) groups excluding carboxylic acids is 2. The van der Waals surface area contributed by atoms with E-state index in [0.717, 1.165) is 41.1 Å². The first kappa shape index (κ1) is 31.9. The fourth-order valence-electron chi connectivity index (χ4n) is 5.31. The molecule has 230 valence electrons. The summed E-state index contributed by atoms with van der Waals surface area (Å²) in [5.74, 6) is 0.0107. The predicted octanol–water partition coefficient (Wildman–Crippen LogP) is 4.73. The van der Waals surface area contributed by atoms with Gasteiger partial charge in [0.15, 0.2) is 11.5 Å². The molecule has 0 aliphatic heterocycles. The first-order valence-electron chi connectivity index (χ1n) is 14.6. The molecule has 1 aliphatic rings. The third-order valence-electron chi connectivity index (χ3n) is 7.90. The van der Waals surface area contributed by atoms with Gasteiger partial charge in [0.25, 0.3) is 10.0 Å². The lowest BCUT2D eigenvalue weighted by Crippen LogP contribution is -2.53. The molecule has 0 radical (unpaired) electrons. The summed E-state index contributed by atoms with van der Waals surface area (Å²) in [6, 6.07) is 20.1. The maximum Gasteiger partial charge on any atom is 0.264 e. The molecule has 0 saturated heterocycles. The van der Waals surface area contributed by atoms with E-state index in [-0.39, 0.29) is 29.1 Å². The van der Waals surface area contributed by atoms with Gasteiger partial charge in [0.2, 0.25) is 11.8 Å². The van der Waals surface area contributed by atoms with E-state index in [2.05, 4.69) is 5.32 Å². The van der Waals surface area contributed by atoms with Crippen LogP contribution in [-0.2, 0) is 26.0 Å². The van der Waals surface area contributed by atoms with Gasteiger partial charge < -0.3 is 19.7 Å². The van der Waals surface area contributed by atoms with Crippen molar-refractivity contribution in [1.82, 2.24) is 10.2 Å². The molecular weight excluding hydrogens is 566 g/mol. The molecule has 4 rings (SSSR count). The number of aryl methyl sites for hydroxylation is 1. The van der Waals surface area contributed by atoms with Gasteiger partial charge in [0.1, 0.15) is 12.6 Å². The smallest absolute Gasteiger partial charge is 0.264 e. The first-order valence-corrected chi connectivity index (χ1v) is 16.0. The van der Waals surface area contributed by atoms with Crippen molar-refractivity contribution < 1.29 is 27.5 Å². The summed E-state index contributed by atoms with van der Waals surface area (Å²) in [7, 11) is -1.24. The van der Waals surface area contributed by atoms with E-state index in [1.54, 1.807) is 31.2 Å². The number of hydrogen-bond donors (Lipinski definition) is 1. The molecule has 1 atom stereocenters. The number of benzene rings is 3. The summed E-state index contributed by atoms with van der Waals surface area (Å²) >= 11 is 0. The molecule has 1 N–H and O–H groups in total. The molecule has 1 fully saturated rings. The number of ether oxygens (including phenoxy) is 2. The molecule has 10 heteroatoms. The van der Waals surface area contributed by atoms with E-state index in [1.807, 2.05) is 37.3 Å². The summed E-state index contributed by atoms with van der Waals surface area (Å²) in [6.07, 6.45) is 4.46. The van der Waals surface area contributed by atoms with Crippen LogP contribution in [-0.4, -0.2) is 64.5 Å². The van der Waals surface area contributed by atoms with Crippen LogP contribution in [0.5, 0.6) is 11.5 Å². The van der Waals surface area contributed by atoms with E-state index in [1.165, 1.54) is 37.3 Å². The number of carbonyl (C=O) groups is 2. The summed E-state index contributed by atoms with van der Waals surface area (Å²) in [6.45, 7) is 3.30. The van der Waals surface area contributed by atoms with Gasteiger partial charge in [-0.15, -0.1) is 0 Å². The molecule has 3 aromatic rings. The van der Waals surface area contributed by atoms with Gasteiger partial charge in [0, 0.05) is 18.7 Å². The zero-order valence-electron chi connectivity index (χ0n) is 25.3. The van der Waals surface area contributed by atoms with Crippen LogP contribution in [0.25, 0.3) is 0 Å².